The van der Waals surface area contributed by atoms with Crippen molar-refractivity contribution in [3.8, 4) is 5.75 Å². The zero-order valence-electron chi connectivity index (χ0n) is 9.99. The van der Waals surface area contributed by atoms with E-state index in [0.29, 0.717) is 31.1 Å². The maximum atomic E-state index is 13.7. The van der Waals surface area contributed by atoms with Crippen LogP contribution in [0.1, 0.15) is 31.2 Å². The highest BCUT2D eigenvalue weighted by Gasteiger charge is 2.18. The largest absolute Gasteiger partial charge is 0.490 e. The molecule has 0 radical (unpaired) electrons. The Morgan fingerprint density at radius 2 is 2.18 bits per heavy atom. The summed E-state index contributed by atoms with van der Waals surface area (Å²) in [5.74, 6) is 0.674. The third-order valence-electron chi connectivity index (χ3n) is 3.32. The van der Waals surface area contributed by atoms with Gasteiger partial charge < -0.3 is 9.84 Å². The minimum Gasteiger partial charge on any atom is -0.490 e. The van der Waals surface area contributed by atoms with Crippen LogP contribution in [0, 0.1) is 11.7 Å². The fourth-order valence-corrected chi connectivity index (χ4v) is 1.97. The Morgan fingerprint density at radius 1 is 1.35 bits per heavy atom. The predicted molar refractivity (Wildman–Crippen MR) is 64.6 cm³/mol. The molecule has 3 heteroatoms. The lowest BCUT2D eigenvalue weighted by Crippen LogP contribution is -2.19. The fourth-order valence-electron chi connectivity index (χ4n) is 1.97. The van der Waals surface area contributed by atoms with E-state index in [1.54, 1.807) is 6.07 Å². The van der Waals surface area contributed by atoms with E-state index in [1.807, 2.05) is 6.07 Å². The van der Waals surface area contributed by atoms with Crippen LogP contribution >= 0.6 is 0 Å². The minimum absolute atomic E-state index is 0.140. The van der Waals surface area contributed by atoms with Gasteiger partial charge in [0.1, 0.15) is 0 Å². The third kappa shape index (κ3) is 3.43. The van der Waals surface area contributed by atoms with Crippen molar-refractivity contribution in [2.75, 3.05) is 13.2 Å². The van der Waals surface area contributed by atoms with E-state index < -0.39 is 0 Å². The second kappa shape index (κ2) is 6.01. The second-order valence-electron chi connectivity index (χ2n) is 4.70. The molecule has 1 N–H and O–H groups in total. The summed E-state index contributed by atoms with van der Waals surface area (Å²) >= 11 is 0. The molecule has 1 saturated carbocycles. The van der Waals surface area contributed by atoms with Crippen molar-refractivity contribution in [2.45, 2.75) is 32.1 Å². The van der Waals surface area contributed by atoms with Crippen molar-refractivity contribution < 1.29 is 14.2 Å². The van der Waals surface area contributed by atoms with Crippen LogP contribution in [0.5, 0.6) is 5.75 Å². The number of benzene rings is 1. The molecule has 0 aromatic heterocycles. The van der Waals surface area contributed by atoms with Gasteiger partial charge in [0.05, 0.1) is 6.61 Å². The fraction of sp³-hybridized carbons (Fsp3) is 0.571. The van der Waals surface area contributed by atoms with E-state index in [2.05, 4.69) is 0 Å². The lowest BCUT2D eigenvalue weighted by Gasteiger charge is -2.25. The van der Waals surface area contributed by atoms with Crippen molar-refractivity contribution in [3.05, 3.63) is 29.6 Å². The van der Waals surface area contributed by atoms with E-state index in [4.69, 9.17) is 9.84 Å². The maximum absolute atomic E-state index is 13.7. The average molecular weight is 238 g/mol. The Hall–Kier alpha value is -1.09. The van der Waals surface area contributed by atoms with Crippen LogP contribution in [0.3, 0.4) is 0 Å². The molecule has 1 aromatic carbocycles. The molecule has 1 aromatic rings. The summed E-state index contributed by atoms with van der Waals surface area (Å²) in [7, 11) is 0. The monoisotopic (exact) mass is 238 g/mol. The van der Waals surface area contributed by atoms with Crippen molar-refractivity contribution in [3.63, 3.8) is 0 Å². The summed E-state index contributed by atoms with van der Waals surface area (Å²) in [6.45, 7) is 0.772. The zero-order valence-corrected chi connectivity index (χ0v) is 9.99. The quantitative estimate of drug-likeness (QED) is 0.825. The molecule has 0 saturated heterocycles. The highest BCUT2D eigenvalue weighted by molar-refractivity contribution is 5.29. The van der Waals surface area contributed by atoms with Gasteiger partial charge in [0.25, 0.3) is 0 Å². The lowest BCUT2D eigenvalue weighted by molar-refractivity contribution is 0.175. The molecule has 2 rings (SSSR count). The van der Waals surface area contributed by atoms with Gasteiger partial charge in [0.15, 0.2) is 11.6 Å². The number of ether oxygens (including phenoxy) is 1. The number of aliphatic hydroxyl groups excluding tert-OH is 1. The summed E-state index contributed by atoms with van der Waals surface area (Å²) in [6, 6.07) is 5.07. The molecule has 1 aliphatic rings. The van der Waals surface area contributed by atoms with Gasteiger partial charge in [-0.15, -0.1) is 0 Å². The van der Waals surface area contributed by atoms with E-state index in [0.717, 1.165) is 5.56 Å². The zero-order chi connectivity index (χ0) is 12.1. The average Bonchev–Trinajstić information content (AvgIpc) is 2.27. The van der Waals surface area contributed by atoms with Gasteiger partial charge in [-0.2, -0.15) is 0 Å². The van der Waals surface area contributed by atoms with Gasteiger partial charge >= 0.3 is 0 Å². The van der Waals surface area contributed by atoms with Gasteiger partial charge in [-0.25, -0.2) is 4.39 Å². The number of halogens is 1. The van der Waals surface area contributed by atoms with Crippen LogP contribution in [-0.4, -0.2) is 18.3 Å². The smallest absolute Gasteiger partial charge is 0.165 e. The Bertz CT molecular complexity index is 361. The maximum Gasteiger partial charge on any atom is 0.165 e. The highest BCUT2D eigenvalue weighted by atomic mass is 19.1. The molecular weight excluding hydrogens is 219 g/mol. The Morgan fingerprint density at radius 3 is 2.76 bits per heavy atom. The first kappa shape index (κ1) is 12.4. The summed E-state index contributed by atoms with van der Waals surface area (Å²) in [5, 5.41) is 8.71. The molecule has 0 aliphatic heterocycles. The molecule has 0 bridgehead atoms. The molecule has 17 heavy (non-hydrogen) atoms. The van der Waals surface area contributed by atoms with Crippen LogP contribution < -0.4 is 4.74 Å². The first-order valence-corrected chi connectivity index (χ1v) is 6.31. The van der Waals surface area contributed by atoms with Crippen LogP contribution in [0.2, 0.25) is 0 Å². The number of aliphatic hydroxyl groups is 1. The molecule has 0 heterocycles. The standard InChI is InChI=1S/C14H19FO2/c15-13-9-11(5-2-8-16)6-7-14(13)17-10-12-3-1-4-12/h6-7,9,12,16H,1-5,8,10H2. The third-order valence-corrected chi connectivity index (χ3v) is 3.32. The molecule has 0 amide bonds. The first-order chi connectivity index (χ1) is 8.29. The van der Waals surface area contributed by atoms with E-state index >= 15 is 0 Å². The summed E-state index contributed by atoms with van der Waals surface area (Å²) in [4.78, 5) is 0. The minimum atomic E-state index is -0.292. The lowest BCUT2D eigenvalue weighted by atomic mass is 9.86. The molecule has 1 aliphatic carbocycles. The van der Waals surface area contributed by atoms with Gasteiger partial charge in [0.2, 0.25) is 0 Å². The van der Waals surface area contributed by atoms with Crippen molar-refractivity contribution in [1.29, 1.82) is 0 Å². The molecular formula is C14H19FO2. The Kier molecular flexibility index (Phi) is 4.37. The van der Waals surface area contributed by atoms with E-state index in [1.165, 1.54) is 25.3 Å². The van der Waals surface area contributed by atoms with Crippen LogP contribution in [0.15, 0.2) is 18.2 Å². The highest BCUT2D eigenvalue weighted by Crippen LogP contribution is 2.28. The van der Waals surface area contributed by atoms with Crippen molar-refractivity contribution in [1.82, 2.24) is 0 Å². The van der Waals surface area contributed by atoms with Gasteiger partial charge in [0, 0.05) is 6.61 Å². The van der Waals surface area contributed by atoms with Crippen molar-refractivity contribution >= 4 is 0 Å². The second-order valence-corrected chi connectivity index (χ2v) is 4.70. The summed E-state index contributed by atoms with van der Waals surface area (Å²) in [6.07, 6.45) is 5.06. The van der Waals surface area contributed by atoms with Crippen LogP contribution in [-0.2, 0) is 6.42 Å². The Labute approximate surface area is 101 Å². The number of hydrogen-bond acceptors (Lipinski definition) is 2. The van der Waals surface area contributed by atoms with Gasteiger partial charge in [-0.1, -0.05) is 12.5 Å². The normalized spacial score (nSPS) is 15.6. The Balaban J connectivity index is 1.88. The first-order valence-electron chi connectivity index (χ1n) is 6.31. The number of aryl methyl sites for hydroxylation is 1. The molecule has 0 unspecified atom stereocenters. The predicted octanol–water partition coefficient (Wildman–Crippen LogP) is 2.93. The SMILES string of the molecule is OCCCc1ccc(OCC2CCC2)c(F)c1. The van der Waals surface area contributed by atoms with Gasteiger partial charge in [-0.3, -0.25) is 0 Å². The molecule has 2 nitrogen and oxygen atoms in total. The van der Waals surface area contributed by atoms with Crippen LogP contribution in [0.4, 0.5) is 4.39 Å². The van der Waals surface area contributed by atoms with Crippen molar-refractivity contribution in [2.24, 2.45) is 5.92 Å². The summed E-state index contributed by atoms with van der Waals surface area (Å²) < 4.78 is 19.1. The molecule has 1 fully saturated rings. The number of hydrogen-bond donors (Lipinski definition) is 1. The number of rotatable bonds is 6. The van der Waals surface area contributed by atoms with E-state index in [-0.39, 0.29) is 12.4 Å². The molecule has 0 spiro atoms. The van der Waals surface area contributed by atoms with E-state index in [9.17, 15) is 4.39 Å². The molecule has 94 valence electrons. The van der Waals surface area contributed by atoms with Gasteiger partial charge in [-0.05, 0) is 49.3 Å². The van der Waals surface area contributed by atoms with Crippen LogP contribution in [0.25, 0.3) is 0 Å². The molecule has 0 atom stereocenters. The topological polar surface area (TPSA) is 29.5 Å². The summed E-state index contributed by atoms with van der Waals surface area (Å²) in [5.41, 5.74) is 0.910.